The molecule has 0 aliphatic heterocycles. The smallest absolute Gasteiger partial charge is 0.389 e. The molecule has 6 heteroatoms. The Balaban J connectivity index is 2.65. The highest BCUT2D eigenvalue weighted by molar-refractivity contribution is 5.80. The lowest BCUT2D eigenvalue weighted by Gasteiger charge is -2.43. The van der Waals surface area contributed by atoms with E-state index in [0.717, 1.165) is 0 Å². The summed E-state index contributed by atoms with van der Waals surface area (Å²) in [6, 6.07) is -1.91. The maximum absolute atomic E-state index is 12.9. The van der Waals surface area contributed by atoms with Crippen molar-refractivity contribution >= 4 is 5.91 Å². The lowest BCUT2D eigenvalue weighted by Crippen LogP contribution is -2.57. The van der Waals surface area contributed by atoms with Gasteiger partial charge in [-0.3, -0.25) is 4.79 Å². The highest BCUT2D eigenvalue weighted by atomic mass is 19.4. The number of alkyl halides is 3. The fourth-order valence-corrected chi connectivity index (χ4v) is 2.43. The van der Waals surface area contributed by atoms with Gasteiger partial charge in [0.05, 0.1) is 5.60 Å². The van der Waals surface area contributed by atoms with E-state index in [4.69, 9.17) is 6.42 Å². The number of hydrogen-bond acceptors (Lipinski definition) is 2. The van der Waals surface area contributed by atoms with Gasteiger partial charge in [0, 0.05) is 12.3 Å². The minimum Gasteiger partial charge on any atom is -0.389 e. The van der Waals surface area contributed by atoms with Crippen molar-refractivity contribution < 1.29 is 23.1 Å². The molecule has 1 aliphatic rings. The summed E-state index contributed by atoms with van der Waals surface area (Å²) in [5.74, 6) is 1.01. The van der Waals surface area contributed by atoms with Gasteiger partial charge in [0.2, 0.25) is 5.91 Å². The number of rotatable bonds is 3. The molecule has 0 saturated heterocycles. The second-order valence-electron chi connectivity index (χ2n) is 6.56. The van der Waals surface area contributed by atoms with E-state index in [0.29, 0.717) is 0 Å². The largest absolute Gasteiger partial charge is 0.409 e. The topological polar surface area (TPSA) is 49.3 Å². The van der Waals surface area contributed by atoms with Crippen molar-refractivity contribution in [2.24, 2.45) is 11.3 Å². The summed E-state index contributed by atoms with van der Waals surface area (Å²) < 4.78 is 38.8. The summed E-state index contributed by atoms with van der Waals surface area (Å²) in [6.45, 7) is 4.25. The van der Waals surface area contributed by atoms with Crippen LogP contribution in [0.25, 0.3) is 0 Å². The highest BCUT2D eigenvalue weighted by Crippen LogP contribution is 2.41. The molecule has 1 saturated carbocycles. The zero-order valence-corrected chi connectivity index (χ0v) is 11.8. The molecule has 0 bridgehead atoms. The van der Waals surface area contributed by atoms with Crippen LogP contribution in [0.4, 0.5) is 13.2 Å². The third kappa shape index (κ3) is 3.89. The number of nitrogens with one attached hydrogen (secondary N) is 1. The van der Waals surface area contributed by atoms with Crippen molar-refractivity contribution in [3.63, 3.8) is 0 Å². The number of aliphatic hydroxyl groups is 1. The molecule has 0 spiro atoms. The maximum atomic E-state index is 12.9. The molecule has 2 N–H and O–H groups in total. The first-order chi connectivity index (χ1) is 8.89. The normalized spacial score (nSPS) is 28.2. The summed E-state index contributed by atoms with van der Waals surface area (Å²) in [5, 5.41) is 11.9. The van der Waals surface area contributed by atoms with Crippen LogP contribution in [-0.2, 0) is 4.79 Å². The molecular weight excluding hydrogens is 271 g/mol. The van der Waals surface area contributed by atoms with Crippen molar-refractivity contribution in [3.05, 3.63) is 0 Å². The summed E-state index contributed by atoms with van der Waals surface area (Å²) in [6.07, 6.45) is 0.902. The predicted octanol–water partition coefficient (Wildman–Crippen LogP) is 2.24. The van der Waals surface area contributed by atoms with Crippen LogP contribution in [0.5, 0.6) is 0 Å². The lowest BCUT2D eigenvalue weighted by atomic mass is 9.68. The molecule has 20 heavy (non-hydrogen) atoms. The zero-order valence-electron chi connectivity index (χ0n) is 11.8. The Labute approximate surface area is 116 Å². The van der Waals surface area contributed by atoms with Crippen LogP contribution in [0.1, 0.15) is 40.0 Å². The second-order valence-corrected chi connectivity index (χ2v) is 6.56. The minimum atomic E-state index is -4.51. The van der Waals surface area contributed by atoms with Gasteiger partial charge in [-0.2, -0.15) is 13.2 Å². The van der Waals surface area contributed by atoms with Gasteiger partial charge in [-0.25, -0.2) is 0 Å². The number of carbonyl (C=O) groups excluding carboxylic acids is 1. The zero-order chi connectivity index (χ0) is 15.8. The van der Waals surface area contributed by atoms with E-state index < -0.39 is 35.1 Å². The lowest BCUT2D eigenvalue weighted by molar-refractivity contribution is -0.184. The Bertz CT molecular complexity index is 398. The maximum Gasteiger partial charge on any atom is 0.409 e. The van der Waals surface area contributed by atoms with E-state index >= 15 is 0 Å². The molecule has 1 rings (SSSR count). The second kappa shape index (κ2) is 5.28. The number of amides is 1. The Morgan fingerprint density at radius 2 is 1.95 bits per heavy atom. The molecule has 1 amide bonds. The van der Waals surface area contributed by atoms with Gasteiger partial charge in [0.25, 0.3) is 0 Å². The first kappa shape index (κ1) is 16.8. The summed E-state index contributed by atoms with van der Waals surface area (Å²) in [7, 11) is 0. The molecule has 3 nitrogen and oxygen atoms in total. The van der Waals surface area contributed by atoms with Gasteiger partial charge >= 0.3 is 6.18 Å². The molecule has 0 aromatic rings. The van der Waals surface area contributed by atoms with Crippen LogP contribution in [0.3, 0.4) is 0 Å². The quantitative estimate of drug-likeness (QED) is 0.784. The third-order valence-electron chi connectivity index (χ3n) is 3.53. The van der Waals surface area contributed by atoms with Crippen LogP contribution in [0.2, 0.25) is 0 Å². The van der Waals surface area contributed by atoms with Gasteiger partial charge < -0.3 is 10.4 Å². The molecule has 114 valence electrons. The third-order valence-corrected chi connectivity index (χ3v) is 3.53. The number of halogens is 3. The highest BCUT2D eigenvalue weighted by Gasteiger charge is 2.51. The Kier molecular flexibility index (Phi) is 4.45. The van der Waals surface area contributed by atoms with Crippen LogP contribution in [0.15, 0.2) is 0 Å². The van der Waals surface area contributed by atoms with Gasteiger partial charge in [0.1, 0.15) is 6.04 Å². The molecule has 1 aliphatic carbocycles. The van der Waals surface area contributed by atoms with Crippen molar-refractivity contribution in [3.8, 4) is 12.3 Å². The molecule has 0 heterocycles. The summed E-state index contributed by atoms with van der Waals surface area (Å²) >= 11 is 0. The van der Waals surface area contributed by atoms with E-state index in [9.17, 15) is 23.1 Å². The number of carbonyl (C=O) groups is 1. The van der Waals surface area contributed by atoms with E-state index in [-0.39, 0.29) is 19.3 Å². The summed E-state index contributed by atoms with van der Waals surface area (Å²) in [5.41, 5.74) is -2.24. The summed E-state index contributed by atoms with van der Waals surface area (Å²) in [4.78, 5) is 11.8. The standard InChI is InChI=1S/C14H20F3NO2/c1-5-6-13(20)7-9(8-13)10(19)18-11(12(2,3)4)14(15,16)17/h1,9,11,20H,6-8H2,2-4H3,(H,18,19). The van der Waals surface area contributed by atoms with Gasteiger partial charge in [-0.1, -0.05) is 20.8 Å². The van der Waals surface area contributed by atoms with Gasteiger partial charge in [0.15, 0.2) is 0 Å². The van der Waals surface area contributed by atoms with E-state index in [1.807, 2.05) is 0 Å². The molecule has 1 atom stereocenters. The van der Waals surface area contributed by atoms with E-state index in [1.165, 1.54) is 20.8 Å². The average molecular weight is 291 g/mol. The van der Waals surface area contributed by atoms with Gasteiger partial charge in [-0.15, -0.1) is 12.3 Å². The molecule has 0 aromatic heterocycles. The fraction of sp³-hybridized carbons (Fsp3) is 0.786. The Morgan fingerprint density at radius 1 is 1.45 bits per heavy atom. The number of hydrogen-bond donors (Lipinski definition) is 2. The van der Waals surface area contributed by atoms with Crippen LogP contribution in [-0.4, -0.2) is 28.8 Å². The van der Waals surface area contributed by atoms with E-state index in [1.54, 1.807) is 0 Å². The van der Waals surface area contributed by atoms with Gasteiger partial charge in [-0.05, 0) is 18.3 Å². The van der Waals surface area contributed by atoms with Crippen molar-refractivity contribution in [1.29, 1.82) is 0 Å². The average Bonchev–Trinajstić information content (AvgIpc) is 2.19. The fourth-order valence-electron chi connectivity index (χ4n) is 2.43. The Morgan fingerprint density at radius 3 is 2.30 bits per heavy atom. The van der Waals surface area contributed by atoms with Crippen LogP contribution < -0.4 is 5.32 Å². The number of terminal acetylenes is 1. The first-order valence-electron chi connectivity index (χ1n) is 6.42. The van der Waals surface area contributed by atoms with Crippen molar-refractivity contribution in [1.82, 2.24) is 5.32 Å². The molecule has 1 unspecified atom stereocenters. The minimum absolute atomic E-state index is 0.109. The Hall–Kier alpha value is -1.22. The van der Waals surface area contributed by atoms with Crippen LogP contribution in [0, 0.1) is 23.7 Å². The SMILES string of the molecule is C#CCC1(O)CC(C(=O)NC(C(C)(C)C)C(F)(F)F)C1. The van der Waals surface area contributed by atoms with E-state index in [2.05, 4.69) is 11.2 Å². The van der Waals surface area contributed by atoms with Crippen LogP contribution >= 0.6 is 0 Å². The molecular formula is C14H20F3NO2. The monoisotopic (exact) mass is 291 g/mol. The molecule has 0 radical (unpaired) electrons. The first-order valence-corrected chi connectivity index (χ1v) is 6.42. The van der Waals surface area contributed by atoms with Crippen molar-refractivity contribution in [2.45, 2.75) is 57.9 Å². The molecule has 1 fully saturated rings. The van der Waals surface area contributed by atoms with Crippen molar-refractivity contribution in [2.75, 3.05) is 0 Å². The molecule has 0 aromatic carbocycles. The predicted molar refractivity (Wildman–Crippen MR) is 68.6 cm³/mol.